The van der Waals surface area contributed by atoms with Crippen LogP contribution in [0.25, 0.3) is 0 Å². The maximum absolute atomic E-state index is 12.3. The number of carbonyl (C=O) groups excluding carboxylic acids is 1. The van der Waals surface area contributed by atoms with Gasteiger partial charge in [-0.15, -0.1) is 0 Å². The Kier molecular flexibility index (Phi) is 7.67. The third-order valence-corrected chi connectivity index (χ3v) is 4.26. The first kappa shape index (κ1) is 20.8. The molecule has 0 bridgehead atoms. The number of carbonyl (C=O) groups is 1. The fraction of sp³-hybridized carbons (Fsp3) is 0.409. The van der Waals surface area contributed by atoms with E-state index in [1.807, 2.05) is 24.3 Å². The van der Waals surface area contributed by atoms with E-state index in [0.717, 1.165) is 29.9 Å². The largest absolute Gasteiger partial charge is 0.497 e. The summed E-state index contributed by atoms with van der Waals surface area (Å²) >= 11 is 0. The van der Waals surface area contributed by atoms with E-state index < -0.39 is 5.60 Å². The molecule has 0 heterocycles. The highest BCUT2D eigenvalue weighted by molar-refractivity contribution is 5.94. The van der Waals surface area contributed by atoms with Gasteiger partial charge in [0.05, 0.1) is 19.3 Å². The summed E-state index contributed by atoms with van der Waals surface area (Å²) in [5.41, 5.74) is 0.467. The maximum Gasteiger partial charge on any atom is 0.251 e. The topological polar surface area (TPSA) is 67.8 Å². The van der Waals surface area contributed by atoms with Crippen LogP contribution in [-0.2, 0) is 6.42 Å². The van der Waals surface area contributed by atoms with E-state index in [9.17, 15) is 9.90 Å². The Hall–Kier alpha value is -2.53. The predicted molar refractivity (Wildman–Crippen MR) is 107 cm³/mol. The average Bonchev–Trinajstić information content (AvgIpc) is 2.67. The summed E-state index contributed by atoms with van der Waals surface area (Å²) in [7, 11) is 1.62. The molecule has 0 fully saturated rings. The SMILES string of the molecule is CCCCOc1ccc(C(=O)NCC(C)(O)Cc2ccc(OC)cc2)cc1. The first-order chi connectivity index (χ1) is 12.9. The molecule has 5 heteroatoms. The minimum atomic E-state index is -1.05. The first-order valence-electron chi connectivity index (χ1n) is 9.30. The van der Waals surface area contributed by atoms with E-state index in [2.05, 4.69) is 12.2 Å². The summed E-state index contributed by atoms with van der Waals surface area (Å²) in [6, 6.07) is 14.6. The molecule has 0 aliphatic carbocycles. The van der Waals surface area contributed by atoms with E-state index in [1.54, 1.807) is 38.3 Å². The molecule has 2 rings (SSSR count). The van der Waals surface area contributed by atoms with Crippen molar-refractivity contribution in [2.75, 3.05) is 20.3 Å². The second-order valence-electron chi connectivity index (χ2n) is 6.93. The van der Waals surface area contributed by atoms with Gasteiger partial charge in [-0.25, -0.2) is 0 Å². The monoisotopic (exact) mass is 371 g/mol. The van der Waals surface area contributed by atoms with Crippen LogP contribution in [0.2, 0.25) is 0 Å². The molecule has 1 unspecified atom stereocenters. The molecule has 5 nitrogen and oxygen atoms in total. The molecule has 2 aromatic carbocycles. The maximum atomic E-state index is 12.3. The van der Waals surface area contributed by atoms with Gasteiger partial charge in [-0.05, 0) is 55.3 Å². The van der Waals surface area contributed by atoms with Crippen molar-refractivity contribution in [3.8, 4) is 11.5 Å². The number of hydrogen-bond acceptors (Lipinski definition) is 4. The molecule has 0 saturated heterocycles. The molecule has 0 aliphatic heterocycles. The van der Waals surface area contributed by atoms with Crippen LogP contribution in [-0.4, -0.2) is 36.9 Å². The standard InChI is InChI=1S/C22H29NO4/c1-4-5-14-27-20-12-8-18(9-13-20)21(24)23-16-22(2,25)15-17-6-10-19(26-3)11-7-17/h6-13,25H,4-5,14-16H2,1-3H3,(H,23,24). The number of methoxy groups -OCH3 is 1. The summed E-state index contributed by atoms with van der Waals surface area (Å²) in [6.45, 7) is 4.66. The van der Waals surface area contributed by atoms with Gasteiger partial charge in [-0.1, -0.05) is 25.5 Å². The van der Waals surface area contributed by atoms with Gasteiger partial charge in [0, 0.05) is 18.5 Å². The molecular formula is C22H29NO4. The molecule has 146 valence electrons. The molecule has 0 saturated carbocycles. The van der Waals surface area contributed by atoms with Gasteiger partial charge in [0.15, 0.2) is 0 Å². The van der Waals surface area contributed by atoms with Gasteiger partial charge >= 0.3 is 0 Å². The number of nitrogens with one attached hydrogen (secondary N) is 1. The molecule has 0 radical (unpaired) electrons. The summed E-state index contributed by atoms with van der Waals surface area (Å²) in [6.07, 6.45) is 2.52. The Bertz CT molecular complexity index is 708. The Morgan fingerprint density at radius 3 is 2.30 bits per heavy atom. The number of aliphatic hydroxyl groups is 1. The number of ether oxygens (including phenoxy) is 2. The lowest BCUT2D eigenvalue weighted by molar-refractivity contribution is 0.0552. The van der Waals surface area contributed by atoms with Crippen LogP contribution in [0.4, 0.5) is 0 Å². The summed E-state index contributed by atoms with van der Waals surface area (Å²) in [5.74, 6) is 1.31. The van der Waals surface area contributed by atoms with E-state index >= 15 is 0 Å². The van der Waals surface area contributed by atoms with E-state index in [4.69, 9.17) is 9.47 Å². The number of amides is 1. The van der Waals surface area contributed by atoms with Crippen molar-refractivity contribution < 1.29 is 19.4 Å². The lowest BCUT2D eigenvalue weighted by Gasteiger charge is -2.24. The van der Waals surface area contributed by atoms with Gasteiger partial charge in [-0.3, -0.25) is 4.79 Å². The van der Waals surface area contributed by atoms with Gasteiger partial charge in [-0.2, -0.15) is 0 Å². The van der Waals surface area contributed by atoms with Crippen molar-refractivity contribution in [3.05, 3.63) is 59.7 Å². The minimum Gasteiger partial charge on any atom is -0.497 e. The van der Waals surface area contributed by atoms with Gasteiger partial charge in [0.25, 0.3) is 5.91 Å². The zero-order valence-electron chi connectivity index (χ0n) is 16.3. The second-order valence-corrected chi connectivity index (χ2v) is 6.93. The minimum absolute atomic E-state index is 0.159. The molecule has 1 amide bonds. The van der Waals surface area contributed by atoms with E-state index in [-0.39, 0.29) is 12.5 Å². The lowest BCUT2D eigenvalue weighted by Crippen LogP contribution is -2.42. The highest BCUT2D eigenvalue weighted by Crippen LogP contribution is 2.17. The van der Waals surface area contributed by atoms with Crippen LogP contribution < -0.4 is 14.8 Å². The predicted octanol–water partition coefficient (Wildman–Crippen LogP) is 3.60. The molecule has 2 N–H and O–H groups in total. The molecular weight excluding hydrogens is 342 g/mol. The smallest absolute Gasteiger partial charge is 0.251 e. The first-order valence-corrected chi connectivity index (χ1v) is 9.30. The number of benzene rings is 2. The Morgan fingerprint density at radius 2 is 1.70 bits per heavy atom. The summed E-state index contributed by atoms with van der Waals surface area (Å²) in [4.78, 5) is 12.3. The van der Waals surface area contributed by atoms with Crippen LogP contribution >= 0.6 is 0 Å². The highest BCUT2D eigenvalue weighted by atomic mass is 16.5. The number of hydrogen-bond donors (Lipinski definition) is 2. The van der Waals surface area contributed by atoms with E-state index in [0.29, 0.717) is 18.6 Å². The van der Waals surface area contributed by atoms with Crippen LogP contribution in [0.5, 0.6) is 11.5 Å². The molecule has 0 aromatic heterocycles. The Morgan fingerprint density at radius 1 is 1.07 bits per heavy atom. The fourth-order valence-corrected chi connectivity index (χ4v) is 2.66. The molecule has 27 heavy (non-hydrogen) atoms. The van der Waals surface area contributed by atoms with Crippen LogP contribution in [0.3, 0.4) is 0 Å². The van der Waals surface area contributed by atoms with Crippen LogP contribution in [0, 0.1) is 0 Å². The molecule has 2 aromatic rings. The molecule has 0 spiro atoms. The van der Waals surface area contributed by atoms with E-state index in [1.165, 1.54) is 0 Å². The van der Waals surface area contributed by atoms with Crippen molar-refractivity contribution in [2.45, 2.75) is 38.7 Å². The van der Waals surface area contributed by atoms with Gasteiger partial charge in [0.2, 0.25) is 0 Å². The van der Waals surface area contributed by atoms with Crippen molar-refractivity contribution in [1.29, 1.82) is 0 Å². The fourth-order valence-electron chi connectivity index (χ4n) is 2.66. The third-order valence-electron chi connectivity index (χ3n) is 4.26. The second kappa shape index (κ2) is 9.97. The van der Waals surface area contributed by atoms with Crippen molar-refractivity contribution in [1.82, 2.24) is 5.32 Å². The van der Waals surface area contributed by atoms with Gasteiger partial charge < -0.3 is 19.9 Å². The Balaban J connectivity index is 1.85. The summed E-state index contributed by atoms with van der Waals surface area (Å²) in [5, 5.41) is 13.4. The normalized spacial score (nSPS) is 12.9. The zero-order chi connectivity index (χ0) is 19.7. The Labute approximate surface area is 161 Å². The molecule has 1 atom stereocenters. The lowest BCUT2D eigenvalue weighted by atomic mass is 9.96. The van der Waals surface area contributed by atoms with Crippen molar-refractivity contribution in [3.63, 3.8) is 0 Å². The third kappa shape index (κ3) is 6.94. The van der Waals surface area contributed by atoms with Crippen LogP contribution in [0.15, 0.2) is 48.5 Å². The summed E-state index contributed by atoms with van der Waals surface area (Å²) < 4.78 is 10.7. The number of rotatable bonds is 10. The van der Waals surface area contributed by atoms with Crippen LogP contribution in [0.1, 0.15) is 42.6 Å². The van der Waals surface area contributed by atoms with Gasteiger partial charge in [0.1, 0.15) is 11.5 Å². The molecule has 0 aliphatic rings. The van der Waals surface area contributed by atoms with Crippen molar-refractivity contribution in [2.24, 2.45) is 0 Å². The zero-order valence-corrected chi connectivity index (χ0v) is 16.3. The average molecular weight is 371 g/mol. The highest BCUT2D eigenvalue weighted by Gasteiger charge is 2.22. The quantitative estimate of drug-likeness (QED) is 0.626. The van der Waals surface area contributed by atoms with Crippen molar-refractivity contribution >= 4 is 5.91 Å². The number of unbranched alkanes of at least 4 members (excludes halogenated alkanes) is 1.